The van der Waals surface area contributed by atoms with Crippen LogP contribution in [0.3, 0.4) is 0 Å². The van der Waals surface area contributed by atoms with Gasteiger partial charge in [0.05, 0.1) is 11.5 Å². The molecule has 18 heavy (non-hydrogen) atoms. The Labute approximate surface area is 107 Å². The third kappa shape index (κ3) is 3.40. The number of nitro groups is 1. The molecule has 0 spiro atoms. The largest absolute Gasteiger partial charge is 0.392 e. The van der Waals surface area contributed by atoms with Gasteiger partial charge in [0, 0.05) is 11.6 Å². The summed E-state index contributed by atoms with van der Waals surface area (Å²) in [5, 5.41) is 20.1. The molecular weight excluding hydrogens is 230 g/mol. The fourth-order valence-corrected chi connectivity index (χ4v) is 1.79. The molecule has 0 aliphatic rings. The van der Waals surface area contributed by atoms with Gasteiger partial charge in [-0.3, -0.25) is 10.1 Å². The maximum Gasteiger partial charge on any atom is 0.273 e. The van der Waals surface area contributed by atoms with E-state index in [0.717, 1.165) is 23.1 Å². The third-order valence-electron chi connectivity index (χ3n) is 2.90. The fraction of sp³-hybridized carbons (Fsp3) is 0.429. The van der Waals surface area contributed by atoms with Crippen molar-refractivity contribution in [2.24, 2.45) is 0 Å². The van der Waals surface area contributed by atoms with Crippen LogP contribution in [0.2, 0.25) is 0 Å². The van der Waals surface area contributed by atoms with E-state index < -0.39 is 0 Å². The lowest BCUT2D eigenvalue weighted by Gasteiger charge is -2.07. The lowest BCUT2D eigenvalue weighted by molar-refractivity contribution is -0.385. The van der Waals surface area contributed by atoms with Crippen molar-refractivity contribution in [3.8, 4) is 0 Å². The molecule has 1 aromatic carbocycles. The summed E-state index contributed by atoms with van der Waals surface area (Å²) in [4.78, 5) is 10.7. The molecule has 0 unspecified atom stereocenters. The van der Waals surface area contributed by atoms with E-state index >= 15 is 0 Å². The predicted molar refractivity (Wildman–Crippen MR) is 72.5 cm³/mol. The number of nitrogens with zero attached hydrogens (tertiary/aromatic N) is 1. The number of hydrogen-bond donors (Lipinski definition) is 1. The summed E-state index contributed by atoms with van der Waals surface area (Å²) in [5.41, 5.74) is 2.50. The van der Waals surface area contributed by atoms with E-state index in [0.29, 0.717) is 0 Å². The normalized spacial score (nSPS) is 11.9. The number of nitro benzene ring substituents is 1. The Hall–Kier alpha value is -1.68. The molecule has 0 bridgehead atoms. The van der Waals surface area contributed by atoms with Crippen molar-refractivity contribution >= 4 is 11.8 Å². The first-order valence-corrected chi connectivity index (χ1v) is 6.08. The van der Waals surface area contributed by atoms with Crippen LogP contribution >= 0.6 is 0 Å². The quantitative estimate of drug-likeness (QED) is 0.641. The molecule has 0 radical (unpaired) electrons. The minimum Gasteiger partial charge on any atom is -0.392 e. The molecule has 4 nitrogen and oxygen atoms in total. The standard InChI is InChI=1S/C14H19NO3/c1-4-11(9-16)7-12-5-6-13(10(2)3)14(8-12)15(17)18/h5-8,10,16H,4,9H2,1-3H3. The molecule has 1 N–H and O–H groups in total. The van der Waals surface area contributed by atoms with Crippen molar-refractivity contribution in [2.45, 2.75) is 33.1 Å². The maximum atomic E-state index is 11.0. The molecule has 0 atom stereocenters. The van der Waals surface area contributed by atoms with Gasteiger partial charge in [0.15, 0.2) is 0 Å². The number of rotatable bonds is 5. The molecule has 4 heteroatoms. The average Bonchev–Trinajstić information content (AvgIpc) is 2.35. The maximum absolute atomic E-state index is 11.0. The summed E-state index contributed by atoms with van der Waals surface area (Å²) < 4.78 is 0. The minimum atomic E-state index is -0.350. The third-order valence-corrected chi connectivity index (χ3v) is 2.90. The SMILES string of the molecule is CCC(=Cc1ccc(C(C)C)c([N+](=O)[O-])c1)CO. The molecule has 0 saturated carbocycles. The Morgan fingerprint density at radius 2 is 2.17 bits per heavy atom. The van der Waals surface area contributed by atoms with Crippen LogP contribution in [-0.2, 0) is 0 Å². The molecule has 0 saturated heterocycles. The summed E-state index contributed by atoms with van der Waals surface area (Å²) >= 11 is 0. The van der Waals surface area contributed by atoms with Crippen LogP contribution in [0, 0.1) is 10.1 Å². The van der Waals surface area contributed by atoms with Gasteiger partial charge in [-0.15, -0.1) is 0 Å². The summed E-state index contributed by atoms with van der Waals surface area (Å²) in [6.07, 6.45) is 2.54. The van der Waals surface area contributed by atoms with Crippen molar-refractivity contribution < 1.29 is 10.0 Å². The van der Waals surface area contributed by atoms with Crippen LogP contribution in [-0.4, -0.2) is 16.6 Å². The summed E-state index contributed by atoms with van der Waals surface area (Å²) in [6, 6.07) is 5.22. The van der Waals surface area contributed by atoms with Gasteiger partial charge in [0.1, 0.15) is 0 Å². The van der Waals surface area contributed by atoms with Gasteiger partial charge in [-0.25, -0.2) is 0 Å². The second-order valence-corrected chi connectivity index (χ2v) is 4.54. The Kier molecular flexibility index (Phi) is 5.04. The Morgan fingerprint density at radius 3 is 2.61 bits per heavy atom. The number of hydrogen-bond acceptors (Lipinski definition) is 3. The van der Waals surface area contributed by atoms with E-state index in [2.05, 4.69) is 0 Å². The summed E-state index contributed by atoms with van der Waals surface area (Å²) in [7, 11) is 0. The highest BCUT2D eigenvalue weighted by Gasteiger charge is 2.16. The minimum absolute atomic E-state index is 0.0176. The monoisotopic (exact) mass is 249 g/mol. The van der Waals surface area contributed by atoms with E-state index in [1.54, 1.807) is 18.2 Å². The van der Waals surface area contributed by atoms with E-state index in [1.807, 2.05) is 26.8 Å². The lowest BCUT2D eigenvalue weighted by atomic mass is 9.98. The Morgan fingerprint density at radius 1 is 1.50 bits per heavy atom. The van der Waals surface area contributed by atoms with Crippen LogP contribution < -0.4 is 0 Å². The van der Waals surface area contributed by atoms with Crippen LogP contribution in [0.1, 0.15) is 44.2 Å². The molecule has 0 aliphatic carbocycles. The zero-order chi connectivity index (χ0) is 13.7. The second kappa shape index (κ2) is 6.31. The Bertz CT molecular complexity index is 458. The van der Waals surface area contributed by atoms with E-state index in [-0.39, 0.29) is 23.1 Å². The zero-order valence-corrected chi connectivity index (χ0v) is 11.0. The topological polar surface area (TPSA) is 63.4 Å². The van der Waals surface area contributed by atoms with Crippen molar-refractivity contribution in [2.75, 3.05) is 6.61 Å². The van der Waals surface area contributed by atoms with Crippen molar-refractivity contribution in [3.05, 3.63) is 45.0 Å². The fourth-order valence-electron chi connectivity index (χ4n) is 1.79. The number of aliphatic hydroxyl groups excluding tert-OH is 1. The van der Waals surface area contributed by atoms with Gasteiger partial charge in [-0.1, -0.05) is 39.0 Å². The number of benzene rings is 1. The van der Waals surface area contributed by atoms with Crippen molar-refractivity contribution in [1.82, 2.24) is 0 Å². The average molecular weight is 249 g/mol. The van der Waals surface area contributed by atoms with Crippen molar-refractivity contribution in [3.63, 3.8) is 0 Å². The molecule has 0 aliphatic heterocycles. The molecule has 0 amide bonds. The highest BCUT2D eigenvalue weighted by molar-refractivity contribution is 5.59. The van der Waals surface area contributed by atoms with Crippen LogP contribution in [0.5, 0.6) is 0 Å². The van der Waals surface area contributed by atoms with Crippen molar-refractivity contribution in [1.29, 1.82) is 0 Å². The van der Waals surface area contributed by atoms with Crippen LogP contribution in [0.15, 0.2) is 23.8 Å². The van der Waals surface area contributed by atoms with Gasteiger partial charge in [-0.2, -0.15) is 0 Å². The highest BCUT2D eigenvalue weighted by atomic mass is 16.6. The Balaban J connectivity index is 3.23. The molecular formula is C14H19NO3. The van der Waals surface area contributed by atoms with Gasteiger partial charge in [0.25, 0.3) is 5.69 Å². The first-order chi connectivity index (χ1) is 8.49. The zero-order valence-electron chi connectivity index (χ0n) is 11.0. The summed E-state index contributed by atoms with van der Waals surface area (Å²) in [6.45, 7) is 5.79. The van der Waals surface area contributed by atoms with E-state index in [1.165, 1.54) is 0 Å². The lowest BCUT2D eigenvalue weighted by Crippen LogP contribution is -1.98. The van der Waals surface area contributed by atoms with E-state index in [4.69, 9.17) is 5.11 Å². The molecule has 0 aromatic heterocycles. The first-order valence-electron chi connectivity index (χ1n) is 6.08. The summed E-state index contributed by atoms with van der Waals surface area (Å²) in [5.74, 6) is 0.118. The van der Waals surface area contributed by atoms with Crippen LogP contribution in [0.25, 0.3) is 6.08 Å². The second-order valence-electron chi connectivity index (χ2n) is 4.54. The molecule has 1 rings (SSSR count). The van der Waals surface area contributed by atoms with Gasteiger partial charge < -0.3 is 5.11 Å². The predicted octanol–water partition coefficient (Wildman–Crippen LogP) is 3.50. The van der Waals surface area contributed by atoms with Gasteiger partial charge >= 0.3 is 0 Å². The number of aliphatic hydroxyl groups is 1. The first kappa shape index (κ1) is 14.4. The van der Waals surface area contributed by atoms with Gasteiger partial charge in [0.2, 0.25) is 0 Å². The molecule has 1 aromatic rings. The molecule has 0 fully saturated rings. The smallest absolute Gasteiger partial charge is 0.273 e. The highest BCUT2D eigenvalue weighted by Crippen LogP contribution is 2.28. The van der Waals surface area contributed by atoms with Gasteiger partial charge in [-0.05, 0) is 23.5 Å². The molecule has 0 heterocycles. The van der Waals surface area contributed by atoms with Crippen LogP contribution in [0.4, 0.5) is 5.69 Å². The van der Waals surface area contributed by atoms with E-state index in [9.17, 15) is 10.1 Å². The molecule has 98 valence electrons.